The van der Waals surface area contributed by atoms with Crippen LogP contribution in [0.2, 0.25) is 0 Å². The lowest BCUT2D eigenvalue weighted by atomic mass is 9.40. The summed E-state index contributed by atoms with van der Waals surface area (Å²) in [5, 5.41) is 49.6. The third-order valence-electron chi connectivity index (χ3n) is 27.8. The fourth-order valence-corrected chi connectivity index (χ4v) is 23.2. The van der Waals surface area contributed by atoms with Crippen LogP contribution in [-0.4, -0.2) is 60.1 Å². The molecule has 2 amide bonds. The summed E-state index contributed by atoms with van der Waals surface area (Å²) in [5.74, 6) is -3.16. The van der Waals surface area contributed by atoms with Gasteiger partial charge in [0.2, 0.25) is 11.8 Å². The van der Waals surface area contributed by atoms with Crippen LogP contribution >= 0.6 is 0 Å². The third-order valence-corrected chi connectivity index (χ3v) is 27.8. The summed E-state index contributed by atoms with van der Waals surface area (Å²) in [7, 11) is 0. The molecule has 22 atom stereocenters. The highest BCUT2D eigenvalue weighted by Crippen LogP contribution is 2.73. The molecule has 16 nitrogen and oxygen atoms in total. The first-order valence-electron chi connectivity index (χ1n) is 34.7. The normalized spacial score (nSPS) is 41.5. The number of rotatable bonds is 6. The number of hydrogen-bond acceptors (Lipinski definition) is 14. The first-order valence-corrected chi connectivity index (χ1v) is 34.7. The number of benzene rings is 2. The van der Waals surface area contributed by atoms with E-state index in [-0.39, 0.29) is 143 Å². The van der Waals surface area contributed by atoms with E-state index >= 15 is 0 Å². The van der Waals surface area contributed by atoms with Gasteiger partial charge in [-0.05, 0) is 195 Å². The molecule has 92 heavy (non-hydrogen) atoms. The molecule has 0 spiro atoms. The number of carbonyl (C=O) groups excluding carboxylic acids is 6. The number of esters is 4. The van der Waals surface area contributed by atoms with Gasteiger partial charge in [-0.15, -0.1) is 0 Å². The number of nitriles is 4. The monoisotopic (exact) mass is 1250 g/mol. The van der Waals surface area contributed by atoms with Gasteiger partial charge in [-0.25, -0.2) is 0 Å². The zero-order valence-electron chi connectivity index (χ0n) is 56.0. The Balaban J connectivity index is 0.928. The van der Waals surface area contributed by atoms with Crippen LogP contribution in [0.5, 0.6) is 0 Å². The van der Waals surface area contributed by atoms with Gasteiger partial charge in [0.25, 0.3) is 0 Å². The van der Waals surface area contributed by atoms with Crippen molar-refractivity contribution in [3.8, 4) is 24.3 Å². The molecule has 0 saturated heterocycles. The van der Waals surface area contributed by atoms with E-state index in [0.29, 0.717) is 77.0 Å². The molecule has 8 saturated carbocycles. The molecule has 2 aromatic carbocycles. The fraction of sp³-hybridized carbons (Fsp3) is 0.711. The van der Waals surface area contributed by atoms with E-state index in [1.54, 1.807) is 0 Å². The van der Waals surface area contributed by atoms with Crippen LogP contribution in [0.3, 0.4) is 0 Å². The average molecular weight is 1260 g/mol. The number of carbonyl (C=O) groups is 6. The van der Waals surface area contributed by atoms with E-state index in [1.807, 2.05) is 48.5 Å². The Labute approximate surface area is 545 Å². The molecule has 14 heterocycles. The highest BCUT2D eigenvalue weighted by Gasteiger charge is 2.71. The Morgan fingerprint density at radius 1 is 0.467 bits per heavy atom. The van der Waals surface area contributed by atoms with Gasteiger partial charge < -0.3 is 29.6 Å². The van der Waals surface area contributed by atoms with E-state index in [0.717, 1.165) is 47.9 Å². The molecular weight excluding hydrogens is 1160 g/mol. The summed E-state index contributed by atoms with van der Waals surface area (Å²) in [5.41, 5.74) is 0.311. The molecule has 8 fully saturated rings. The predicted octanol–water partition coefficient (Wildman–Crippen LogP) is 12.8. The van der Waals surface area contributed by atoms with Crippen LogP contribution in [-0.2, 0) is 71.6 Å². The van der Waals surface area contributed by atoms with E-state index in [9.17, 15) is 49.8 Å². The quantitative estimate of drug-likeness (QED) is 0.201. The van der Waals surface area contributed by atoms with Crippen LogP contribution in [0.4, 0.5) is 0 Å². The van der Waals surface area contributed by atoms with Crippen LogP contribution < -0.4 is 10.6 Å². The second-order valence-electron chi connectivity index (χ2n) is 31.6. The molecule has 20 bridgehead atoms. The average Bonchev–Trinajstić information content (AvgIpc) is 1.23. The van der Waals surface area contributed by atoms with E-state index in [2.05, 4.69) is 76.5 Å². The Hall–Kier alpha value is -6.78. The fourth-order valence-electron chi connectivity index (χ4n) is 23.2. The lowest BCUT2D eigenvalue weighted by Crippen LogP contribution is -2.64. The second-order valence-corrected chi connectivity index (χ2v) is 31.6. The summed E-state index contributed by atoms with van der Waals surface area (Å²) in [4.78, 5) is 81.1. The van der Waals surface area contributed by atoms with Crippen molar-refractivity contribution < 1.29 is 47.7 Å². The summed E-state index contributed by atoms with van der Waals surface area (Å²) in [6.45, 7) is 20.1. The van der Waals surface area contributed by atoms with E-state index in [4.69, 9.17) is 18.9 Å². The lowest BCUT2D eigenvalue weighted by Gasteiger charge is -2.65. The van der Waals surface area contributed by atoms with Gasteiger partial charge in [0.1, 0.15) is 36.3 Å². The molecule has 2 aromatic rings. The topological polar surface area (TPSA) is 259 Å². The van der Waals surface area contributed by atoms with E-state index in [1.165, 1.54) is 27.7 Å². The van der Waals surface area contributed by atoms with Gasteiger partial charge in [-0.2, -0.15) is 21.0 Å². The summed E-state index contributed by atoms with van der Waals surface area (Å²) >= 11 is 0. The zero-order valence-corrected chi connectivity index (χ0v) is 56.0. The Morgan fingerprint density at radius 3 is 1.13 bits per heavy atom. The lowest BCUT2D eigenvalue weighted by molar-refractivity contribution is -0.224. The predicted molar refractivity (Wildman–Crippen MR) is 340 cm³/mol. The van der Waals surface area contributed by atoms with Gasteiger partial charge in [-0.3, -0.25) is 28.8 Å². The van der Waals surface area contributed by atoms with E-state index < -0.39 is 57.9 Å². The molecule has 0 aromatic heterocycles. The van der Waals surface area contributed by atoms with Gasteiger partial charge in [-0.1, -0.05) is 90.1 Å². The van der Waals surface area contributed by atoms with Crippen molar-refractivity contribution in [1.29, 1.82) is 21.0 Å². The molecule has 0 unspecified atom stereocenters. The third kappa shape index (κ3) is 11.3. The number of ether oxygens (including phenoxy) is 4. The Kier molecular flexibility index (Phi) is 18.5. The van der Waals surface area contributed by atoms with Crippen LogP contribution in [0, 0.1) is 150 Å². The molecule has 22 aliphatic rings. The van der Waals surface area contributed by atoms with Gasteiger partial charge in [0.05, 0.1) is 24.3 Å². The highest BCUT2D eigenvalue weighted by atomic mass is 16.6. The summed E-state index contributed by atoms with van der Waals surface area (Å²) in [6, 6.07) is 25.7. The number of hydrogen-bond donors (Lipinski definition) is 2. The maximum atomic E-state index is 14.0. The van der Waals surface area contributed by atoms with Crippen LogP contribution in [0.15, 0.2) is 48.5 Å². The van der Waals surface area contributed by atoms with Crippen molar-refractivity contribution in [2.75, 3.05) is 0 Å². The highest BCUT2D eigenvalue weighted by molar-refractivity contribution is 5.76. The second kappa shape index (κ2) is 25.5. The Morgan fingerprint density at radius 2 is 0.804 bits per heavy atom. The first-order chi connectivity index (χ1) is 43.7. The molecule has 2 N–H and O–H groups in total. The van der Waals surface area contributed by atoms with Crippen molar-refractivity contribution in [2.45, 2.75) is 233 Å². The molecule has 0 radical (unpaired) electrons. The van der Waals surface area contributed by atoms with Crippen LogP contribution in [0.25, 0.3) is 0 Å². The molecule has 16 heteroatoms. The minimum Gasteiger partial charge on any atom is -0.462 e. The van der Waals surface area contributed by atoms with Crippen molar-refractivity contribution in [3.63, 3.8) is 0 Å². The largest absolute Gasteiger partial charge is 0.462 e. The zero-order chi connectivity index (χ0) is 66.0. The smallest absolute Gasteiger partial charge is 0.302 e. The molecule has 24 rings (SSSR count). The van der Waals surface area contributed by atoms with Crippen molar-refractivity contribution >= 4 is 35.7 Å². The standard InChI is InChI=1S/C76H98N6O10/c1-43-11-25-67(87)81-41-49-13-17-51(18-14-49)76(56(39-79)40-80)30-28-72(8)54(36-76)32-64(90-46(4)84)70-60-24-22-58(74(60,10)66(34-62(70)72)92-48(6)86)44(2)12-26-68(88)82-42-50-15-19-52(20-16-50)75(55(37-77)38-78)29-27-71(7)53(35-75)31-63(89-45(3)83)69-59-23-21-57(43)73(59,9)65(33-61(69)71)91-47(5)85/h13-20,43-44,53-66,69-70H,11-12,21-36,41-42H2,1-10H3,(H,81,87)(H,82,88)/t43-,44-,53-,54-,57-,58-,59+,60+,61+,62+,63-,64-,65+,66+,69+,70+,71+,72+,73-,74-,75+,76+/m1/s1. The van der Waals surface area contributed by atoms with Crippen molar-refractivity contribution in [3.05, 3.63) is 70.8 Å². The maximum Gasteiger partial charge on any atom is 0.302 e. The van der Waals surface area contributed by atoms with Crippen molar-refractivity contribution in [1.82, 2.24) is 10.6 Å². The molecule has 14 aliphatic heterocycles. The maximum absolute atomic E-state index is 14.0. The summed E-state index contributed by atoms with van der Waals surface area (Å²) < 4.78 is 26.0. The Bertz CT molecular complexity index is 3110. The number of nitrogens with zero attached hydrogens (tertiary/aromatic N) is 4. The van der Waals surface area contributed by atoms with Gasteiger partial charge >= 0.3 is 23.9 Å². The SMILES string of the molecule is CC(=O)O[C@H]1C[C@H]2[C@H]3[C@H](OC(C)=O)C[C@@H]4C[C@@](C(C#N)C#N)(CC[C@@]42C)c2ccc(cc2)CNC(=O)CC[C@@H](C)[C@H]2CC[C@H]4[C@@H]5[C@H](OC(C)=O)C[C@@H]6C[C@@](C(C#N)C#N)(CC[C@]6(C)[C@H]5C[C@H](OC(C)=O)[C@]24C)c2ccc(cc2)CNC(=O)CC[C@@H](C)[C@H]2CC[C@@H]3[C@]12C. The minimum absolute atomic E-state index is 0.00732. The number of nitrogens with one attached hydrogen (secondary N) is 2. The van der Waals surface area contributed by atoms with Gasteiger partial charge in [0, 0.05) is 87.1 Å². The van der Waals surface area contributed by atoms with Crippen molar-refractivity contribution in [2.24, 2.45) is 105 Å². The first kappa shape index (κ1) is 66.7. The minimum atomic E-state index is -0.961. The molecule has 8 aliphatic carbocycles. The molecular formula is C76H98N6O10. The molecule has 492 valence electrons. The van der Waals surface area contributed by atoms with Gasteiger partial charge in [0.15, 0.2) is 0 Å². The van der Waals surface area contributed by atoms with Crippen LogP contribution in [0.1, 0.15) is 207 Å². The number of amides is 2. The summed E-state index contributed by atoms with van der Waals surface area (Å²) in [6.07, 6.45) is 9.46.